The van der Waals surface area contributed by atoms with Crippen molar-refractivity contribution >= 4 is 33.7 Å². The fraction of sp³-hybridized carbons (Fsp3) is 0.280. The normalized spacial score (nSPS) is 16.6. The molecule has 0 bridgehead atoms. The summed E-state index contributed by atoms with van der Waals surface area (Å²) < 4.78 is 8.10. The Morgan fingerprint density at radius 2 is 2.03 bits per heavy atom. The Morgan fingerprint density at radius 1 is 1.15 bits per heavy atom. The molecule has 0 saturated carbocycles. The number of rotatable bonds is 5. The van der Waals surface area contributed by atoms with Gasteiger partial charge in [0.25, 0.3) is 0 Å². The van der Waals surface area contributed by atoms with Crippen molar-refractivity contribution in [2.75, 3.05) is 20.1 Å². The number of benzene rings is 2. The molecule has 5 aromatic rings. The van der Waals surface area contributed by atoms with E-state index in [9.17, 15) is 0 Å². The summed E-state index contributed by atoms with van der Waals surface area (Å²) in [6.07, 6.45) is 6.83. The molecular weight excluding hydrogens is 450 g/mol. The van der Waals surface area contributed by atoms with Gasteiger partial charge in [0.15, 0.2) is 0 Å². The quantitative estimate of drug-likeness (QED) is 0.383. The summed E-state index contributed by atoms with van der Waals surface area (Å²) in [7, 11) is 2.16. The highest BCUT2D eigenvalue weighted by Crippen LogP contribution is 2.35. The first kappa shape index (κ1) is 21.1. The monoisotopic (exact) mass is 473 g/mol. The molecule has 3 aromatic heterocycles. The zero-order valence-corrected chi connectivity index (χ0v) is 19.8. The Bertz CT molecular complexity index is 1510. The van der Waals surface area contributed by atoms with Crippen LogP contribution in [-0.2, 0) is 6.54 Å². The van der Waals surface area contributed by atoms with Crippen LogP contribution in [0.4, 0.5) is 0 Å². The van der Waals surface area contributed by atoms with Crippen molar-refractivity contribution < 1.29 is 4.74 Å². The molecule has 172 valence electrons. The molecule has 1 N–H and O–H groups in total. The van der Waals surface area contributed by atoms with Crippen LogP contribution in [0, 0.1) is 12.8 Å². The lowest BCUT2D eigenvalue weighted by molar-refractivity contribution is 0.370. The zero-order valence-electron chi connectivity index (χ0n) is 19.0. The molecule has 0 spiro atoms. The molecule has 0 radical (unpaired) electrons. The number of nitrogens with one attached hydrogen (secondary N) is 1. The Morgan fingerprint density at radius 3 is 2.88 bits per heavy atom. The van der Waals surface area contributed by atoms with Crippen LogP contribution in [0.2, 0.25) is 5.02 Å². The highest BCUT2D eigenvalue weighted by atomic mass is 35.5. The van der Waals surface area contributed by atoms with Crippen LogP contribution >= 0.6 is 11.6 Å². The summed E-state index contributed by atoms with van der Waals surface area (Å²) in [4.78, 5) is 19.4. The number of halogens is 1. The summed E-state index contributed by atoms with van der Waals surface area (Å²) >= 11 is 6.73. The molecule has 4 heterocycles. The first-order valence-corrected chi connectivity index (χ1v) is 11.7. The molecule has 6 rings (SSSR count). The standard InChI is InChI=1S/C25H24ClN7O/c1-15-29-19-4-3-18(9-21(19)30-15)34-23-6-5-20-25(24(23)26)31-22(11-27-20)17-10-28-33(14-17)13-16-7-8-32(2)12-16/h3-6,9-11,14,16H,7-8,12-13H2,1-2H3,(H,29,30). The average molecular weight is 474 g/mol. The van der Waals surface area contributed by atoms with E-state index in [2.05, 4.69) is 32.0 Å². The zero-order chi connectivity index (χ0) is 23.2. The maximum atomic E-state index is 6.73. The van der Waals surface area contributed by atoms with E-state index in [1.807, 2.05) is 54.3 Å². The van der Waals surface area contributed by atoms with E-state index in [0.29, 0.717) is 33.5 Å². The van der Waals surface area contributed by atoms with Gasteiger partial charge in [-0.3, -0.25) is 9.67 Å². The summed E-state index contributed by atoms with van der Waals surface area (Å²) in [5.74, 6) is 2.68. The number of hydrogen-bond donors (Lipinski definition) is 1. The molecule has 1 aliphatic rings. The number of H-pyrrole nitrogens is 1. The van der Waals surface area contributed by atoms with E-state index in [1.165, 1.54) is 6.42 Å². The predicted octanol–water partition coefficient (Wildman–Crippen LogP) is 5.08. The van der Waals surface area contributed by atoms with Gasteiger partial charge in [-0.1, -0.05) is 11.6 Å². The summed E-state index contributed by atoms with van der Waals surface area (Å²) in [6.45, 7) is 5.09. The second-order valence-corrected chi connectivity index (χ2v) is 9.35. The number of nitrogens with zero attached hydrogens (tertiary/aromatic N) is 6. The molecule has 34 heavy (non-hydrogen) atoms. The highest BCUT2D eigenvalue weighted by Gasteiger charge is 2.20. The van der Waals surface area contributed by atoms with Crippen LogP contribution in [0.3, 0.4) is 0 Å². The second kappa shape index (κ2) is 8.38. The van der Waals surface area contributed by atoms with Crippen LogP contribution < -0.4 is 4.74 Å². The van der Waals surface area contributed by atoms with Gasteiger partial charge in [-0.05, 0) is 57.1 Å². The Labute approximate surface area is 201 Å². The van der Waals surface area contributed by atoms with Crippen LogP contribution in [0.5, 0.6) is 11.5 Å². The van der Waals surface area contributed by atoms with Gasteiger partial charge in [-0.2, -0.15) is 5.10 Å². The van der Waals surface area contributed by atoms with Gasteiger partial charge >= 0.3 is 0 Å². The number of likely N-dealkylation sites (tertiary alicyclic amines) is 1. The Hall–Kier alpha value is -3.49. The molecule has 0 aliphatic carbocycles. The molecule has 2 aromatic carbocycles. The van der Waals surface area contributed by atoms with Crippen molar-refractivity contribution in [2.45, 2.75) is 19.9 Å². The van der Waals surface area contributed by atoms with Crippen molar-refractivity contribution in [1.82, 2.24) is 34.6 Å². The van der Waals surface area contributed by atoms with Gasteiger partial charge in [-0.25, -0.2) is 9.97 Å². The molecular formula is C25H24ClN7O. The minimum absolute atomic E-state index is 0.425. The van der Waals surface area contributed by atoms with Gasteiger partial charge in [0.2, 0.25) is 0 Å². The summed E-state index contributed by atoms with van der Waals surface area (Å²) in [6, 6.07) is 9.39. The van der Waals surface area contributed by atoms with Gasteiger partial charge in [0.1, 0.15) is 27.9 Å². The minimum atomic E-state index is 0.425. The topological polar surface area (TPSA) is 84.8 Å². The average Bonchev–Trinajstić information content (AvgIpc) is 3.55. The third-order valence-electron chi connectivity index (χ3n) is 6.28. The molecule has 1 unspecified atom stereocenters. The molecule has 1 aliphatic heterocycles. The van der Waals surface area contributed by atoms with Gasteiger partial charge < -0.3 is 14.6 Å². The van der Waals surface area contributed by atoms with Crippen molar-refractivity contribution in [3.63, 3.8) is 0 Å². The molecule has 1 fully saturated rings. The minimum Gasteiger partial charge on any atom is -0.456 e. The van der Waals surface area contributed by atoms with Crippen molar-refractivity contribution in [3.05, 3.63) is 59.8 Å². The van der Waals surface area contributed by atoms with E-state index in [-0.39, 0.29) is 0 Å². The van der Waals surface area contributed by atoms with Crippen LogP contribution in [-0.4, -0.2) is 54.8 Å². The van der Waals surface area contributed by atoms with E-state index in [4.69, 9.17) is 21.3 Å². The van der Waals surface area contributed by atoms with E-state index >= 15 is 0 Å². The summed E-state index contributed by atoms with van der Waals surface area (Å²) in [5.41, 5.74) is 4.77. The third-order valence-corrected chi connectivity index (χ3v) is 6.65. The Balaban J connectivity index is 1.28. The number of hydrogen-bond acceptors (Lipinski definition) is 6. The van der Waals surface area contributed by atoms with Crippen LogP contribution in [0.25, 0.3) is 33.3 Å². The third kappa shape index (κ3) is 3.99. The number of imidazole rings is 1. The van der Waals surface area contributed by atoms with E-state index in [0.717, 1.165) is 47.7 Å². The SMILES string of the molecule is Cc1nc2ccc(Oc3ccc4ncc(-c5cnn(CC6CCN(C)C6)c5)nc4c3Cl)cc2[nH]1. The number of ether oxygens (including phenoxy) is 1. The maximum Gasteiger partial charge on any atom is 0.148 e. The fourth-order valence-corrected chi connectivity index (χ4v) is 4.83. The predicted molar refractivity (Wildman–Crippen MR) is 132 cm³/mol. The second-order valence-electron chi connectivity index (χ2n) is 8.97. The van der Waals surface area contributed by atoms with E-state index in [1.54, 1.807) is 6.20 Å². The first-order chi connectivity index (χ1) is 16.5. The maximum absolute atomic E-state index is 6.73. The number of fused-ring (bicyclic) bond motifs is 2. The van der Waals surface area contributed by atoms with Crippen LogP contribution in [0.1, 0.15) is 12.2 Å². The highest BCUT2D eigenvalue weighted by molar-refractivity contribution is 6.36. The largest absolute Gasteiger partial charge is 0.456 e. The number of aryl methyl sites for hydroxylation is 1. The molecule has 9 heteroatoms. The molecule has 8 nitrogen and oxygen atoms in total. The van der Waals surface area contributed by atoms with Gasteiger partial charge in [0, 0.05) is 30.9 Å². The lowest BCUT2D eigenvalue weighted by Gasteiger charge is -2.10. The number of aromatic nitrogens is 6. The van der Waals surface area contributed by atoms with Crippen molar-refractivity contribution in [1.29, 1.82) is 0 Å². The van der Waals surface area contributed by atoms with Gasteiger partial charge in [-0.15, -0.1) is 0 Å². The number of aromatic amines is 1. The summed E-state index contributed by atoms with van der Waals surface area (Å²) in [5, 5.41) is 4.97. The first-order valence-electron chi connectivity index (χ1n) is 11.3. The lowest BCUT2D eigenvalue weighted by Crippen LogP contribution is -2.17. The molecule has 1 atom stereocenters. The van der Waals surface area contributed by atoms with E-state index < -0.39 is 0 Å². The fourth-order valence-electron chi connectivity index (χ4n) is 4.59. The van der Waals surface area contributed by atoms with Crippen molar-refractivity contribution in [2.24, 2.45) is 5.92 Å². The lowest BCUT2D eigenvalue weighted by atomic mass is 10.1. The van der Waals surface area contributed by atoms with Gasteiger partial charge in [0.05, 0.1) is 34.6 Å². The van der Waals surface area contributed by atoms with Crippen molar-refractivity contribution in [3.8, 4) is 22.8 Å². The molecule has 1 saturated heterocycles. The molecule has 0 amide bonds. The van der Waals surface area contributed by atoms with Crippen LogP contribution in [0.15, 0.2) is 48.9 Å². The Kier molecular flexibility index (Phi) is 5.19. The smallest absolute Gasteiger partial charge is 0.148 e.